The summed E-state index contributed by atoms with van der Waals surface area (Å²) in [5.41, 5.74) is 5.69. The van der Waals surface area contributed by atoms with Gasteiger partial charge in [-0.2, -0.15) is 0 Å². The molecule has 0 fully saturated rings. The molecule has 0 bridgehead atoms. The van der Waals surface area contributed by atoms with Crippen molar-refractivity contribution in [3.05, 3.63) is 107 Å². The maximum atomic E-state index is 12.1. The third kappa shape index (κ3) is 5.65. The van der Waals surface area contributed by atoms with Crippen molar-refractivity contribution in [3.8, 4) is 11.1 Å². The Morgan fingerprint density at radius 3 is 1.77 bits per heavy atom. The van der Waals surface area contributed by atoms with Crippen molar-refractivity contribution in [2.75, 3.05) is 0 Å². The summed E-state index contributed by atoms with van der Waals surface area (Å²) in [5.74, 6) is 0. The average Bonchev–Trinajstić information content (AvgIpc) is 2.89. The normalized spacial score (nSPS) is 14.2. The van der Waals surface area contributed by atoms with Crippen LogP contribution < -0.4 is 10.6 Å². The van der Waals surface area contributed by atoms with Gasteiger partial charge in [0.15, 0.2) is 0 Å². The van der Waals surface area contributed by atoms with Crippen LogP contribution in [0.3, 0.4) is 0 Å². The molecular weight excluding hydrogens is 547 g/mol. The third-order valence-electron chi connectivity index (χ3n) is 8.75. The van der Waals surface area contributed by atoms with Gasteiger partial charge >= 0.3 is 258 Å². The van der Waals surface area contributed by atoms with E-state index in [1.165, 1.54) is 16.5 Å². The molecule has 3 N–H and O–H groups in total. The summed E-state index contributed by atoms with van der Waals surface area (Å²) in [6, 6.07) is 27.5. The molecule has 43 heavy (non-hydrogen) atoms. The van der Waals surface area contributed by atoms with Crippen molar-refractivity contribution in [1.82, 2.24) is 0 Å². The number of rotatable bonds is 3. The van der Waals surface area contributed by atoms with Gasteiger partial charge in [0, 0.05) is 0 Å². The van der Waals surface area contributed by atoms with Gasteiger partial charge in [0.05, 0.1) is 0 Å². The van der Waals surface area contributed by atoms with E-state index in [4.69, 9.17) is 0 Å². The van der Waals surface area contributed by atoms with Crippen molar-refractivity contribution in [3.63, 3.8) is 0 Å². The van der Waals surface area contributed by atoms with Crippen molar-refractivity contribution >= 4 is 39.4 Å². The first-order chi connectivity index (χ1) is 19.7. The Hall–Kier alpha value is -3.07. The van der Waals surface area contributed by atoms with E-state index in [9.17, 15) is 14.7 Å². The summed E-state index contributed by atoms with van der Waals surface area (Å²) in [6.45, 7) is 22.0. The SMILES string of the molecule is Cc1cccc(P(O)(O)(O)c2ccc3ccccc3c2)c1-c1cc2c(C(C)(C)C)cc(C(C)(C)C)cc2cc1C(C)(C)C. The number of benzene rings is 5. The number of hydrogen-bond donors (Lipinski definition) is 3. The van der Waals surface area contributed by atoms with Gasteiger partial charge in [-0.1, -0.05) is 0 Å². The van der Waals surface area contributed by atoms with Crippen LogP contribution in [0, 0.1) is 6.92 Å². The number of hydrogen-bond acceptors (Lipinski definition) is 3. The van der Waals surface area contributed by atoms with Crippen LogP contribution in [0.1, 0.15) is 84.6 Å². The second-order valence-corrected chi connectivity index (χ2v) is 18.3. The van der Waals surface area contributed by atoms with E-state index < -0.39 is 7.28 Å². The molecule has 0 saturated carbocycles. The van der Waals surface area contributed by atoms with Crippen molar-refractivity contribution < 1.29 is 14.7 Å². The molecule has 3 nitrogen and oxygen atoms in total. The predicted octanol–water partition coefficient (Wildman–Crippen LogP) is 9.09. The zero-order chi connectivity index (χ0) is 31.8. The molecular formula is C39H47O3P. The molecule has 0 aliphatic heterocycles. The zero-order valence-electron chi connectivity index (χ0n) is 27.4. The van der Waals surface area contributed by atoms with Crippen LogP contribution in [0.4, 0.5) is 0 Å². The van der Waals surface area contributed by atoms with Crippen LogP contribution in [-0.2, 0) is 16.2 Å². The summed E-state index contributed by atoms with van der Waals surface area (Å²) < 4.78 is 0. The molecule has 0 unspecified atom stereocenters. The maximum absolute atomic E-state index is 12.1. The molecule has 5 rings (SSSR count). The Kier molecular flexibility index (Phi) is 7.27. The Labute approximate surface area is 257 Å². The van der Waals surface area contributed by atoms with Crippen LogP contribution >= 0.6 is 7.28 Å². The molecule has 0 aliphatic carbocycles. The molecule has 4 heteroatoms. The standard InChI is InChI=1S/C39H47O3P/c1-25-14-13-17-35(43(40,41,42)30-19-18-26-15-11-12-16-27(26)21-30)36(25)32-24-31-28(22-33(32)38(5,6)7)20-29(37(2,3)4)23-34(31)39(8,9)10/h11-24,40-42H,1-10H3. The molecule has 0 heterocycles. The van der Waals surface area contributed by atoms with Gasteiger partial charge in [0.25, 0.3) is 0 Å². The molecule has 0 amide bonds. The summed E-state index contributed by atoms with van der Waals surface area (Å²) >= 11 is 0. The predicted molar refractivity (Wildman–Crippen MR) is 187 cm³/mol. The zero-order valence-corrected chi connectivity index (χ0v) is 28.3. The topological polar surface area (TPSA) is 60.7 Å². The minimum atomic E-state index is -5.57. The van der Waals surface area contributed by atoms with Crippen molar-refractivity contribution in [2.45, 2.75) is 85.5 Å². The second kappa shape index (κ2) is 9.98. The van der Waals surface area contributed by atoms with Crippen LogP contribution in [0.25, 0.3) is 32.7 Å². The first-order valence-corrected chi connectivity index (χ1v) is 17.3. The molecule has 0 saturated heterocycles. The molecule has 0 radical (unpaired) electrons. The Morgan fingerprint density at radius 2 is 1.16 bits per heavy atom. The summed E-state index contributed by atoms with van der Waals surface area (Å²) in [7, 11) is -5.57. The minimum absolute atomic E-state index is 0.0142. The summed E-state index contributed by atoms with van der Waals surface area (Å²) in [5, 5.41) is 4.40. The second-order valence-electron chi connectivity index (χ2n) is 15.4. The average molecular weight is 595 g/mol. The fourth-order valence-electron chi connectivity index (χ4n) is 6.21. The monoisotopic (exact) mass is 594 g/mol. The van der Waals surface area contributed by atoms with E-state index in [1.54, 1.807) is 24.3 Å². The molecule has 0 aromatic heterocycles. The van der Waals surface area contributed by atoms with E-state index in [1.807, 2.05) is 43.3 Å². The first kappa shape index (κ1) is 31.4. The third-order valence-corrected chi connectivity index (χ3v) is 11.2. The van der Waals surface area contributed by atoms with Crippen molar-refractivity contribution in [1.29, 1.82) is 0 Å². The Balaban J connectivity index is 1.90. The van der Waals surface area contributed by atoms with Gasteiger partial charge in [0.2, 0.25) is 0 Å². The molecule has 5 aromatic rings. The number of fused-ring (bicyclic) bond motifs is 2. The van der Waals surface area contributed by atoms with E-state index in [0.717, 1.165) is 32.8 Å². The van der Waals surface area contributed by atoms with E-state index in [2.05, 4.69) is 86.6 Å². The molecule has 0 spiro atoms. The fourth-order valence-corrected chi connectivity index (χ4v) is 8.28. The molecule has 5 aromatic carbocycles. The van der Waals surface area contributed by atoms with Gasteiger partial charge < -0.3 is 0 Å². The van der Waals surface area contributed by atoms with E-state index in [0.29, 0.717) is 5.56 Å². The first-order valence-electron chi connectivity index (χ1n) is 15.2. The van der Waals surface area contributed by atoms with Crippen LogP contribution in [0.2, 0.25) is 0 Å². The molecule has 226 valence electrons. The summed E-state index contributed by atoms with van der Waals surface area (Å²) in [4.78, 5) is 36.3. The van der Waals surface area contributed by atoms with Gasteiger partial charge in [0.1, 0.15) is 0 Å². The van der Waals surface area contributed by atoms with Gasteiger partial charge in [-0.3, -0.25) is 0 Å². The Morgan fingerprint density at radius 1 is 0.535 bits per heavy atom. The van der Waals surface area contributed by atoms with E-state index in [-0.39, 0.29) is 26.9 Å². The van der Waals surface area contributed by atoms with Gasteiger partial charge in [-0.25, -0.2) is 0 Å². The van der Waals surface area contributed by atoms with Crippen molar-refractivity contribution in [2.24, 2.45) is 0 Å². The van der Waals surface area contributed by atoms with Crippen LogP contribution in [-0.4, -0.2) is 14.7 Å². The summed E-state index contributed by atoms with van der Waals surface area (Å²) in [6.07, 6.45) is 0. The van der Waals surface area contributed by atoms with Gasteiger partial charge in [-0.05, 0) is 0 Å². The van der Waals surface area contributed by atoms with E-state index >= 15 is 0 Å². The molecule has 0 aliphatic rings. The van der Waals surface area contributed by atoms with Crippen LogP contribution in [0.5, 0.6) is 0 Å². The fraction of sp³-hybridized carbons (Fsp3) is 0.333. The van der Waals surface area contributed by atoms with Crippen LogP contribution in [0.15, 0.2) is 84.9 Å². The van der Waals surface area contributed by atoms with Gasteiger partial charge in [-0.15, -0.1) is 0 Å². The molecule has 0 atom stereocenters. The number of aryl methyl sites for hydroxylation is 1. The Bertz CT molecular complexity index is 1870. The quantitative estimate of drug-likeness (QED) is 0.183.